The molecule has 0 radical (unpaired) electrons. The lowest BCUT2D eigenvalue weighted by molar-refractivity contribution is -0.128. The first-order valence-electron chi connectivity index (χ1n) is 10.3. The van der Waals surface area contributed by atoms with Gasteiger partial charge in [0, 0.05) is 19.2 Å². The molecule has 156 valence electrons. The number of hydrogen-bond donors (Lipinski definition) is 1. The number of ether oxygens (including phenoxy) is 1. The molecule has 30 heavy (non-hydrogen) atoms. The Kier molecular flexibility index (Phi) is 7.84. The van der Waals surface area contributed by atoms with Gasteiger partial charge in [0.2, 0.25) is 5.91 Å². The first-order valence-corrected chi connectivity index (χ1v) is 10.3. The highest BCUT2D eigenvalue weighted by Crippen LogP contribution is 2.15. The Labute approximate surface area is 178 Å². The molecule has 0 spiro atoms. The maximum absolute atomic E-state index is 13.1. The van der Waals surface area contributed by atoms with Crippen molar-refractivity contribution >= 4 is 24.0 Å². The zero-order valence-corrected chi connectivity index (χ0v) is 17.3. The third kappa shape index (κ3) is 6.34. The highest BCUT2D eigenvalue weighted by atomic mass is 16.5. The van der Waals surface area contributed by atoms with E-state index in [0.29, 0.717) is 5.70 Å². The Balaban J connectivity index is 1.75. The van der Waals surface area contributed by atoms with Crippen molar-refractivity contribution in [1.82, 2.24) is 10.2 Å². The molecule has 1 aliphatic heterocycles. The van der Waals surface area contributed by atoms with Crippen LogP contribution in [0.25, 0.3) is 12.2 Å². The van der Waals surface area contributed by atoms with Crippen LogP contribution in [0.15, 0.2) is 66.4 Å². The summed E-state index contributed by atoms with van der Waals surface area (Å²) in [5, 5.41) is 2.80. The second-order valence-corrected chi connectivity index (χ2v) is 7.27. The van der Waals surface area contributed by atoms with Gasteiger partial charge in [-0.1, -0.05) is 55.3 Å². The van der Waals surface area contributed by atoms with Gasteiger partial charge in [0.05, 0.1) is 7.11 Å². The Morgan fingerprint density at radius 3 is 2.20 bits per heavy atom. The van der Waals surface area contributed by atoms with Gasteiger partial charge in [-0.25, -0.2) is 0 Å². The summed E-state index contributed by atoms with van der Waals surface area (Å²) in [4.78, 5) is 27.5. The van der Waals surface area contributed by atoms with E-state index in [4.69, 9.17) is 4.74 Å². The third-order valence-corrected chi connectivity index (χ3v) is 5.04. The minimum atomic E-state index is -0.337. The maximum Gasteiger partial charge on any atom is 0.270 e. The van der Waals surface area contributed by atoms with Gasteiger partial charge >= 0.3 is 0 Å². The number of methoxy groups -OCH3 is 1. The van der Waals surface area contributed by atoms with Crippen LogP contribution in [-0.2, 0) is 9.59 Å². The van der Waals surface area contributed by atoms with E-state index < -0.39 is 0 Å². The van der Waals surface area contributed by atoms with Crippen LogP contribution in [0.1, 0.15) is 36.8 Å². The number of rotatable bonds is 6. The number of carbonyl (C=O) groups is 2. The summed E-state index contributed by atoms with van der Waals surface area (Å²) in [5.41, 5.74) is 2.04. The molecule has 3 rings (SSSR count). The van der Waals surface area contributed by atoms with Gasteiger partial charge < -0.3 is 15.0 Å². The van der Waals surface area contributed by atoms with Crippen molar-refractivity contribution in [3.05, 3.63) is 77.5 Å². The van der Waals surface area contributed by atoms with Crippen molar-refractivity contribution in [2.24, 2.45) is 0 Å². The number of carbonyl (C=O) groups excluding carboxylic acids is 2. The van der Waals surface area contributed by atoms with Gasteiger partial charge in [-0.05, 0) is 48.3 Å². The van der Waals surface area contributed by atoms with Gasteiger partial charge in [0.25, 0.3) is 5.91 Å². The van der Waals surface area contributed by atoms with Crippen molar-refractivity contribution in [3.63, 3.8) is 0 Å². The average molecular weight is 405 g/mol. The van der Waals surface area contributed by atoms with Gasteiger partial charge in [0.15, 0.2) is 0 Å². The minimum absolute atomic E-state index is 0.132. The lowest BCUT2D eigenvalue weighted by Gasteiger charge is -2.22. The number of nitrogens with zero attached hydrogens (tertiary/aromatic N) is 1. The largest absolute Gasteiger partial charge is 0.497 e. The second-order valence-electron chi connectivity index (χ2n) is 7.27. The molecule has 0 aliphatic carbocycles. The molecule has 2 amide bonds. The van der Waals surface area contributed by atoms with Crippen molar-refractivity contribution in [3.8, 4) is 5.75 Å². The molecule has 5 nitrogen and oxygen atoms in total. The second kappa shape index (κ2) is 11.0. The molecular formula is C25H28N2O3. The predicted octanol–water partition coefficient (Wildman–Crippen LogP) is 4.27. The number of nitrogens with one attached hydrogen (secondary N) is 1. The van der Waals surface area contributed by atoms with Gasteiger partial charge in [-0.2, -0.15) is 0 Å². The number of likely N-dealkylation sites (tertiary alicyclic amines) is 1. The number of hydrogen-bond acceptors (Lipinski definition) is 3. The van der Waals surface area contributed by atoms with Crippen LogP contribution in [0.4, 0.5) is 0 Å². The van der Waals surface area contributed by atoms with Crippen molar-refractivity contribution in [2.75, 3.05) is 20.2 Å². The number of benzene rings is 2. The molecule has 0 unspecified atom stereocenters. The fraction of sp³-hybridized carbons (Fsp3) is 0.280. The van der Waals surface area contributed by atoms with Crippen molar-refractivity contribution < 1.29 is 14.3 Å². The maximum atomic E-state index is 13.1. The Bertz CT molecular complexity index is 894. The Morgan fingerprint density at radius 1 is 0.900 bits per heavy atom. The molecule has 1 saturated heterocycles. The molecule has 0 bridgehead atoms. The molecule has 1 heterocycles. The van der Waals surface area contributed by atoms with Crippen LogP contribution in [0, 0.1) is 0 Å². The van der Waals surface area contributed by atoms with E-state index >= 15 is 0 Å². The zero-order chi connectivity index (χ0) is 21.2. The summed E-state index contributed by atoms with van der Waals surface area (Å²) < 4.78 is 5.14. The summed E-state index contributed by atoms with van der Waals surface area (Å²) >= 11 is 0. The van der Waals surface area contributed by atoms with E-state index in [9.17, 15) is 9.59 Å². The molecule has 0 aromatic heterocycles. The van der Waals surface area contributed by atoms with E-state index in [2.05, 4.69) is 5.32 Å². The molecule has 1 N–H and O–H groups in total. The molecule has 2 aromatic carbocycles. The minimum Gasteiger partial charge on any atom is -0.497 e. The SMILES string of the molecule is COc1ccc(/C=C/C(=O)N/C(=C\c2ccccc2)C(=O)N2CCCCCC2)cc1. The standard InChI is InChI=1S/C25H28N2O3/c1-30-22-14-11-20(12-15-22)13-16-24(28)26-23(19-21-9-5-4-6-10-21)25(29)27-17-7-2-3-8-18-27/h4-6,9-16,19H,2-3,7-8,17-18H2,1H3,(H,26,28)/b16-13+,23-19-. The van der Waals surface area contributed by atoms with Crippen LogP contribution in [-0.4, -0.2) is 36.9 Å². The van der Waals surface area contributed by atoms with Gasteiger partial charge in [0.1, 0.15) is 11.4 Å². The first kappa shape index (κ1) is 21.4. The monoisotopic (exact) mass is 404 g/mol. The summed E-state index contributed by atoms with van der Waals surface area (Å²) in [6.07, 6.45) is 9.16. The van der Waals surface area contributed by atoms with Crippen LogP contribution in [0.3, 0.4) is 0 Å². The summed E-state index contributed by atoms with van der Waals surface area (Å²) in [5.74, 6) is 0.288. The Hall–Kier alpha value is -3.34. The highest BCUT2D eigenvalue weighted by Gasteiger charge is 2.20. The molecule has 2 aromatic rings. The zero-order valence-electron chi connectivity index (χ0n) is 17.3. The first-order chi connectivity index (χ1) is 14.7. The van der Waals surface area contributed by atoms with Gasteiger partial charge in [-0.15, -0.1) is 0 Å². The lowest BCUT2D eigenvalue weighted by atomic mass is 10.1. The average Bonchev–Trinajstić information content (AvgIpc) is 3.07. The molecule has 5 heteroatoms. The van der Waals surface area contributed by atoms with E-state index in [1.54, 1.807) is 19.3 Å². The van der Waals surface area contributed by atoms with Crippen LogP contribution in [0.5, 0.6) is 5.75 Å². The summed E-state index contributed by atoms with van der Waals surface area (Å²) in [6, 6.07) is 17.0. The number of amides is 2. The lowest BCUT2D eigenvalue weighted by Crippen LogP contribution is -2.38. The highest BCUT2D eigenvalue weighted by molar-refractivity contribution is 6.04. The molecule has 0 saturated carbocycles. The van der Waals surface area contributed by atoms with Crippen molar-refractivity contribution in [2.45, 2.75) is 25.7 Å². The normalized spacial score (nSPS) is 15.0. The summed E-state index contributed by atoms with van der Waals surface area (Å²) in [7, 11) is 1.61. The smallest absolute Gasteiger partial charge is 0.270 e. The van der Waals surface area contributed by atoms with E-state index in [-0.39, 0.29) is 11.8 Å². The van der Waals surface area contributed by atoms with E-state index in [0.717, 1.165) is 55.6 Å². The fourth-order valence-electron chi connectivity index (χ4n) is 3.37. The van der Waals surface area contributed by atoms with Crippen LogP contribution >= 0.6 is 0 Å². The topological polar surface area (TPSA) is 58.6 Å². The quantitative estimate of drug-likeness (QED) is 0.732. The molecule has 0 atom stereocenters. The van der Waals surface area contributed by atoms with E-state index in [1.807, 2.05) is 59.5 Å². The van der Waals surface area contributed by atoms with Crippen LogP contribution < -0.4 is 10.1 Å². The molecular weight excluding hydrogens is 376 g/mol. The Morgan fingerprint density at radius 2 is 1.57 bits per heavy atom. The summed E-state index contributed by atoms with van der Waals surface area (Å²) in [6.45, 7) is 1.45. The molecule has 1 aliphatic rings. The third-order valence-electron chi connectivity index (χ3n) is 5.04. The predicted molar refractivity (Wildman–Crippen MR) is 120 cm³/mol. The van der Waals surface area contributed by atoms with Gasteiger partial charge in [-0.3, -0.25) is 9.59 Å². The fourth-order valence-corrected chi connectivity index (χ4v) is 3.37. The van der Waals surface area contributed by atoms with E-state index in [1.165, 1.54) is 6.08 Å². The van der Waals surface area contributed by atoms with Crippen molar-refractivity contribution in [1.29, 1.82) is 0 Å². The molecule has 1 fully saturated rings. The van der Waals surface area contributed by atoms with Crippen LogP contribution in [0.2, 0.25) is 0 Å².